The van der Waals surface area contributed by atoms with Crippen molar-refractivity contribution in [2.24, 2.45) is 0 Å². The lowest BCUT2D eigenvalue weighted by atomic mass is 10.1. The van der Waals surface area contributed by atoms with Gasteiger partial charge in [-0.3, -0.25) is 4.90 Å². The maximum atomic E-state index is 9.88. The molecule has 166 valence electrons. The molecule has 2 aromatic heterocycles. The van der Waals surface area contributed by atoms with Crippen LogP contribution in [0.5, 0.6) is 6.01 Å². The molecule has 4 rings (SSSR count). The van der Waals surface area contributed by atoms with Crippen molar-refractivity contribution in [3.63, 3.8) is 0 Å². The van der Waals surface area contributed by atoms with Crippen molar-refractivity contribution in [3.8, 4) is 6.01 Å². The highest BCUT2D eigenvalue weighted by Crippen LogP contribution is 2.23. The second kappa shape index (κ2) is 10.1. The molecule has 1 aromatic carbocycles. The summed E-state index contributed by atoms with van der Waals surface area (Å²) in [6.45, 7) is 6.57. The molecule has 0 spiro atoms. The SMILES string of the molecule is CCCC(O)CCOc1nc(N)c2ccn(Cc3ccc(CN4CCCC4)cc3)c2n1. The van der Waals surface area contributed by atoms with Crippen LogP contribution in [0.4, 0.5) is 5.82 Å². The summed E-state index contributed by atoms with van der Waals surface area (Å²) in [4.78, 5) is 11.4. The minimum atomic E-state index is -0.358. The van der Waals surface area contributed by atoms with Crippen LogP contribution in [0.25, 0.3) is 11.0 Å². The topological polar surface area (TPSA) is 89.4 Å². The van der Waals surface area contributed by atoms with Crippen LogP contribution in [0.15, 0.2) is 36.5 Å². The number of ether oxygens (including phenoxy) is 1. The molecule has 1 aliphatic heterocycles. The van der Waals surface area contributed by atoms with E-state index in [0.717, 1.165) is 30.4 Å². The summed E-state index contributed by atoms with van der Waals surface area (Å²) in [5, 5.41) is 10.7. The first-order chi connectivity index (χ1) is 15.1. The monoisotopic (exact) mass is 423 g/mol. The van der Waals surface area contributed by atoms with E-state index in [1.165, 1.54) is 37.1 Å². The average molecular weight is 424 g/mol. The van der Waals surface area contributed by atoms with Gasteiger partial charge in [-0.25, -0.2) is 0 Å². The van der Waals surface area contributed by atoms with Crippen LogP contribution < -0.4 is 10.5 Å². The van der Waals surface area contributed by atoms with Gasteiger partial charge in [0, 0.05) is 25.7 Å². The number of nitrogen functional groups attached to an aromatic ring is 1. The van der Waals surface area contributed by atoms with E-state index in [-0.39, 0.29) is 12.1 Å². The summed E-state index contributed by atoms with van der Waals surface area (Å²) in [6, 6.07) is 11.0. The maximum absolute atomic E-state index is 9.88. The largest absolute Gasteiger partial charge is 0.463 e. The van der Waals surface area contributed by atoms with Gasteiger partial charge in [0.05, 0.1) is 18.1 Å². The number of rotatable bonds is 10. The number of hydrogen-bond acceptors (Lipinski definition) is 6. The molecule has 0 saturated carbocycles. The fourth-order valence-electron chi connectivity index (χ4n) is 4.17. The van der Waals surface area contributed by atoms with Crippen LogP contribution in [-0.4, -0.2) is 50.3 Å². The third-order valence-corrected chi connectivity index (χ3v) is 5.91. The number of likely N-dealkylation sites (tertiary alicyclic amines) is 1. The first-order valence-corrected chi connectivity index (χ1v) is 11.4. The molecule has 0 radical (unpaired) electrons. The molecule has 0 bridgehead atoms. The van der Waals surface area contributed by atoms with Crippen molar-refractivity contribution in [2.75, 3.05) is 25.4 Å². The molecule has 0 aliphatic carbocycles. The number of aliphatic hydroxyl groups excluding tert-OH is 1. The number of aliphatic hydroxyl groups is 1. The van der Waals surface area contributed by atoms with E-state index >= 15 is 0 Å². The molecule has 1 saturated heterocycles. The van der Waals surface area contributed by atoms with Crippen LogP contribution in [0.3, 0.4) is 0 Å². The molecule has 31 heavy (non-hydrogen) atoms. The van der Waals surface area contributed by atoms with E-state index in [2.05, 4.69) is 50.6 Å². The zero-order valence-electron chi connectivity index (χ0n) is 18.3. The van der Waals surface area contributed by atoms with Gasteiger partial charge in [0.2, 0.25) is 0 Å². The van der Waals surface area contributed by atoms with Crippen LogP contribution >= 0.6 is 0 Å². The van der Waals surface area contributed by atoms with E-state index in [4.69, 9.17) is 10.5 Å². The highest BCUT2D eigenvalue weighted by molar-refractivity contribution is 5.86. The molecule has 3 aromatic rings. The van der Waals surface area contributed by atoms with E-state index in [9.17, 15) is 5.11 Å². The maximum Gasteiger partial charge on any atom is 0.320 e. The minimum Gasteiger partial charge on any atom is -0.463 e. The van der Waals surface area contributed by atoms with Crippen LogP contribution in [0, 0.1) is 0 Å². The van der Waals surface area contributed by atoms with Gasteiger partial charge in [0.25, 0.3) is 0 Å². The Kier molecular flexibility index (Phi) is 7.04. The molecule has 7 heteroatoms. The Labute approximate surface area is 183 Å². The lowest BCUT2D eigenvalue weighted by Crippen LogP contribution is -2.18. The summed E-state index contributed by atoms with van der Waals surface area (Å²) in [7, 11) is 0. The summed E-state index contributed by atoms with van der Waals surface area (Å²) >= 11 is 0. The Bertz CT molecular complexity index is 980. The van der Waals surface area contributed by atoms with Gasteiger partial charge in [-0.2, -0.15) is 9.97 Å². The van der Waals surface area contributed by atoms with Gasteiger partial charge in [-0.15, -0.1) is 0 Å². The molecule has 0 amide bonds. The number of nitrogens with zero attached hydrogens (tertiary/aromatic N) is 4. The molecule has 1 fully saturated rings. The van der Waals surface area contributed by atoms with Gasteiger partial charge in [0.15, 0.2) is 0 Å². The Hall–Kier alpha value is -2.64. The summed E-state index contributed by atoms with van der Waals surface area (Å²) in [5.74, 6) is 0.411. The standard InChI is InChI=1S/C24H33N5O2/c1-2-5-20(30)11-15-31-24-26-22(25)21-10-14-29(23(21)27-24)17-19-8-6-18(7-9-19)16-28-12-3-4-13-28/h6-10,14,20,30H,2-5,11-13,15-17H2,1H3,(H2,25,26,27). The first kappa shape index (κ1) is 21.6. The number of anilines is 1. The van der Waals surface area contributed by atoms with Crippen LogP contribution in [0.2, 0.25) is 0 Å². The lowest BCUT2D eigenvalue weighted by molar-refractivity contribution is 0.127. The molecule has 3 heterocycles. The first-order valence-electron chi connectivity index (χ1n) is 11.4. The molecule has 1 atom stereocenters. The van der Waals surface area contributed by atoms with Crippen molar-refractivity contribution in [1.82, 2.24) is 19.4 Å². The van der Waals surface area contributed by atoms with Crippen molar-refractivity contribution < 1.29 is 9.84 Å². The van der Waals surface area contributed by atoms with Crippen LogP contribution in [-0.2, 0) is 13.1 Å². The zero-order chi connectivity index (χ0) is 21.6. The van der Waals surface area contributed by atoms with Gasteiger partial charge >= 0.3 is 6.01 Å². The fourth-order valence-corrected chi connectivity index (χ4v) is 4.17. The van der Waals surface area contributed by atoms with E-state index in [1.807, 2.05) is 12.3 Å². The average Bonchev–Trinajstić information content (AvgIpc) is 3.40. The molecule has 3 N–H and O–H groups in total. The Balaban J connectivity index is 1.43. The lowest BCUT2D eigenvalue weighted by Gasteiger charge is -2.15. The number of benzene rings is 1. The van der Waals surface area contributed by atoms with Crippen molar-refractivity contribution in [1.29, 1.82) is 0 Å². The Morgan fingerprint density at radius 3 is 2.45 bits per heavy atom. The second-order valence-corrected chi connectivity index (χ2v) is 8.45. The number of fused-ring (bicyclic) bond motifs is 1. The van der Waals surface area contributed by atoms with Gasteiger partial charge in [0.1, 0.15) is 11.5 Å². The van der Waals surface area contributed by atoms with Gasteiger partial charge < -0.3 is 20.1 Å². The Morgan fingerprint density at radius 1 is 1.03 bits per heavy atom. The molecule has 1 aliphatic rings. The molecule has 7 nitrogen and oxygen atoms in total. The summed E-state index contributed by atoms with van der Waals surface area (Å²) in [6.07, 6.45) is 6.53. The van der Waals surface area contributed by atoms with E-state index < -0.39 is 0 Å². The fraction of sp³-hybridized carbons (Fsp3) is 0.500. The highest BCUT2D eigenvalue weighted by Gasteiger charge is 2.13. The highest BCUT2D eigenvalue weighted by atomic mass is 16.5. The van der Waals surface area contributed by atoms with Gasteiger partial charge in [-0.05, 0) is 49.5 Å². The van der Waals surface area contributed by atoms with Crippen molar-refractivity contribution in [2.45, 2.75) is 58.2 Å². The Morgan fingerprint density at radius 2 is 1.74 bits per heavy atom. The molecule has 1 unspecified atom stereocenters. The predicted octanol–water partition coefficient (Wildman–Crippen LogP) is 3.59. The summed E-state index contributed by atoms with van der Waals surface area (Å²) in [5.41, 5.74) is 9.47. The smallest absolute Gasteiger partial charge is 0.320 e. The number of aromatic nitrogens is 3. The number of hydrogen-bond donors (Lipinski definition) is 2. The number of nitrogens with two attached hydrogens (primary N) is 1. The van der Waals surface area contributed by atoms with Crippen LogP contribution in [0.1, 0.15) is 50.2 Å². The normalized spacial score (nSPS) is 15.5. The molecular weight excluding hydrogens is 390 g/mol. The van der Waals surface area contributed by atoms with Crippen molar-refractivity contribution in [3.05, 3.63) is 47.7 Å². The van der Waals surface area contributed by atoms with E-state index in [0.29, 0.717) is 25.4 Å². The third kappa shape index (κ3) is 5.54. The predicted molar refractivity (Wildman–Crippen MR) is 123 cm³/mol. The second-order valence-electron chi connectivity index (χ2n) is 8.45. The third-order valence-electron chi connectivity index (χ3n) is 5.91. The molecular formula is C24H33N5O2. The van der Waals surface area contributed by atoms with Gasteiger partial charge in [-0.1, -0.05) is 37.6 Å². The quantitative estimate of drug-likeness (QED) is 0.518. The van der Waals surface area contributed by atoms with E-state index in [1.54, 1.807) is 0 Å². The van der Waals surface area contributed by atoms with Crippen molar-refractivity contribution >= 4 is 16.9 Å². The minimum absolute atomic E-state index is 0.259. The summed E-state index contributed by atoms with van der Waals surface area (Å²) < 4.78 is 7.76. The zero-order valence-corrected chi connectivity index (χ0v) is 18.3.